The third-order valence-corrected chi connectivity index (χ3v) is 5.11. The van der Waals surface area contributed by atoms with Crippen LogP contribution in [0.4, 0.5) is 5.69 Å². The van der Waals surface area contributed by atoms with Gasteiger partial charge in [0, 0.05) is 53.9 Å². The maximum atomic E-state index is 12.7. The molecule has 1 heterocycles. The quantitative estimate of drug-likeness (QED) is 0.528. The molecule has 1 fully saturated rings. The third-order valence-electron chi connectivity index (χ3n) is 4.36. The molecule has 28 heavy (non-hydrogen) atoms. The minimum absolute atomic E-state index is 0.0197. The summed E-state index contributed by atoms with van der Waals surface area (Å²) in [4.78, 5) is 38.7. The SMILES string of the molecule is O=C(c1cc(Cl)cc(Cl)c1)N1CCN(C(=O)c2ccc([N+](=O)[O-])cc2Cl)CC1. The van der Waals surface area contributed by atoms with E-state index in [0.29, 0.717) is 41.8 Å². The van der Waals surface area contributed by atoms with Crippen LogP contribution in [0.2, 0.25) is 15.1 Å². The second-order valence-corrected chi connectivity index (χ2v) is 7.44. The molecule has 0 saturated carbocycles. The molecule has 146 valence electrons. The minimum Gasteiger partial charge on any atom is -0.335 e. The molecule has 0 aliphatic carbocycles. The van der Waals surface area contributed by atoms with Gasteiger partial charge in [-0.15, -0.1) is 0 Å². The van der Waals surface area contributed by atoms with E-state index >= 15 is 0 Å². The van der Waals surface area contributed by atoms with Gasteiger partial charge in [-0.3, -0.25) is 19.7 Å². The van der Waals surface area contributed by atoms with Crippen LogP contribution >= 0.6 is 34.8 Å². The van der Waals surface area contributed by atoms with Crippen LogP contribution in [0, 0.1) is 10.1 Å². The van der Waals surface area contributed by atoms with Crippen molar-refractivity contribution in [3.63, 3.8) is 0 Å². The summed E-state index contributed by atoms with van der Waals surface area (Å²) in [5, 5.41) is 11.6. The molecule has 0 unspecified atom stereocenters. The van der Waals surface area contributed by atoms with E-state index in [9.17, 15) is 19.7 Å². The molecule has 1 saturated heterocycles. The number of hydrogen-bond acceptors (Lipinski definition) is 4. The summed E-state index contributed by atoms with van der Waals surface area (Å²) >= 11 is 17.9. The Hall–Kier alpha value is -2.35. The van der Waals surface area contributed by atoms with Crippen molar-refractivity contribution in [1.29, 1.82) is 0 Å². The van der Waals surface area contributed by atoms with Crippen molar-refractivity contribution >= 4 is 52.3 Å². The average molecular weight is 443 g/mol. The van der Waals surface area contributed by atoms with Gasteiger partial charge in [0.2, 0.25) is 0 Å². The Kier molecular flexibility index (Phi) is 6.07. The molecule has 0 bridgehead atoms. The van der Waals surface area contributed by atoms with Crippen LogP contribution in [-0.4, -0.2) is 52.7 Å². The third kappa shape index (κ3) is 4.38. The monoisotopic (exact) mass is 441 g/mol. The molecule has 0 spiro atoms. The number of rotatable bonds is 3. The largest absolute Gasteiger partial charge is 0.335 e. The zero-order valence-corrected chi connectivity index (χ0v) is 16.7. The zero-order chi connectivity index (χ0) is 20.4. The fourth-order valence-electron chi connectivity index (χ4n) is 2.93. The Morgan fingerprint density at radius 3 is 1.89 bits per heavy atom. The lowest BCUT2D eigenvalue weighted by atomic mass is 10.1. The lowest BCUT2D eigenvalue weighted by Gasteiger charge is -2.35. The van der Waals surface area contributed by atoms with Crippen LogP contribution in [0.5, 0.6) is 0 Å². The molecule has 0 radical (unpaired) electrons. The highest BCUT2D eigenvalue weighted by Crippen LogP contribution is 2.25. The van der Waals surface area contributed by atoms with Crippen molar-refractivity contribution in [3.8, 4) is 0 Å². The number of carbonyl (C=O) groups excluding carboxylic acids is 2. The van der Waals surface area contributed by atoms with Gasteiger partial charge >= 0.3 is 0 Å². The predicted octanol–water partition coefficient (Wildman–Crippen LogP) is 4.15. The van der Waals surface area contributed by atoms with Crippen molar-refractivity contribution < 1.29 is 14.5 Å². The zero-order valence-electron chi connectivity index (χ0n) is 14.4. The molecule has 0 N–H and O–H groups in total. The van der Waals surface area contributed by atoms with Gasteiger partial charge in [-0.25, -0.2) is 0 Å². The molecular weight excluding hydrogens is 429 g/mol. The first kappa shape index (κ1) is 20.4. The Morgan fingerprint density at radius 1 is 0.857 bits per heavy atom. The number of nitro groups is 1. The molecule has 2 amide bonds. The Morgan fingerprint density at radius 2 is 1.39 bits per heavy atom. The van der Waals surface area contributed by atoms with Crippen LogP contribution in [0.25, 0.3) is 0 Å². The number of non-ortho nitro benzene ring substituents is 1. The lowest BCUT2D eigenvalue weighted by Crippen LogP contribution is -2.50. The van der Waals surface area contributed by atoms with E-state index in [1.165, 1.54) is 12.1 Å². The number of benzene rings is 2. The van der Waals surface area contributed by atoms with E-state index in [4.69, 9.17) is 34.8 Å². The van der Waals surface area contributed by atoms with Crippen LogP contribution in [0.3, 0.4) is 0 Å². The number of piperazine rings is 1. The van der Waals surface area contributed by atoms with Gasteiger partial charge in [-0.05, 0) is 24.3 Å². The van der Waals surface area contributed by atoms with E-state index in [1.54, 1.807) is 28.0 Å². The Balaban J connectivity index is 1.67. The molecule has 10 heteroatoms. The van der Waals surface area contributed by atoms with Gasteiger partial charge in [0.05, 0.1) is 15.5 Å². The van der Waals surface area contributed by atoms with Crippen LogP contribution < -0.4 is 0 Å². The number of carbonyl (C=O) groups is 2. The van der Waals surface area contributed by atoms with Crippen molar-refractivity contribution in [2.75, 3.05) is 26.2 Å². The first-order valence-corrected chi connectivity index (χ1v) is 9.38. The van der Waals surface area contributed by atoms with Crippen molar-refractivity contribution in [2.45, 2.75) is 0 Å². The number of amides is 2. The summed E-state index contributed by atoms with van der Waals surface area (Å²) in [6.45, 7) is 1.29. The standard InChI is InChI=1S/C18H14Cl3N3O4/c19-12-7-11(8-13(20)9-12)17(25)22-3-5-23(6-4-22)18(26)15-2-1-14(24(27)28)10-16(15)21/h1-2,7-10H,3-6H2. The van der Waals surface area contributed by atoms with Gasteiger partial charge in [-0.2, -0.15) is 0 Å². The highest BCUT2D eigenvalue weighted by molar-refractivity contribution is 6.35. The number of halogens is 3. The highest BCUT2D eigenvalue weighted by atomic mass is 35.5. The molecule has 0 aromatic heterocycles. The van der Waals surface area contributed by atoms with Gasteiger partial charge in [-0.1, -0.05) is 34.8 Å². The molecule has 2 aromatic carbocycles. The lowest BCUT2D eigenvalue weighted by molar-refractivity contribution is -0.384. The molecule has 3 rings (SSSR count). The number of nitro benzene ring substituents is 1. The molecule has 0 atom stereocenters. The average Bonchev–Trinajstić information content (AvgIpc) is 2.66. The normalized spacial score (nSPS) is 14.1. The second kappa shape index (κ2) is 8.34. The second-order valence-electron chi connectivity index (χ2n) is 6.16. The Bertz CT molecular complexity index is 939. The van der Waals surface area contributed by atoms with Gasteiger partial charge in [0.1, 0.15) is 0 Å². The summed E-state index contributed by atoms with van der Waals surface area (Å²) in [6.07, 6.45) is 0. The Labute approximate surface area is 175 Å². The van der Waals surface area contributed by atoms with Crippen molar-refractivity contribution in [3.05, 3.63) is 72.7 Å². The summed E-state index contributed by atoms with van der Waals surface area (Å²) in [6, 6.07) is 8.37. The fraction of sp³-hybridized carbons (Fsp3) is 0.222. The summed E-state index contributed by atoms with van der Waals surface area (Å²) in [5.74, 6) is -0.553. The first-order chi connectivity index (χ1) is 13.3. The molecule has 7 nitrogen and oxygen atoms in total. The van der Waals surface area contributed by atoms with Crippen LogP contribution in [-0.2, 0) is 0 Å². The van der Waals surface area contributed by atoms with Crippen LogP contribution in [0.15, 0.2) is 36.4 Å². The molecule has 2 aromatic rings. The van der Waals surface area contributed by atoms with E-state index in [1.807, 2.05) is 0 Å². The van der Waals surface area contributed by atoms with Crippen molar-refractivity contribution in [1.82, 2.24) is 9.80 Å². The summed E-state index contributed by atoms with van der Waals surface area (Å²) in [7, 11) is 0. The smallest absolute Gasteiger partial charge is 0.270 e. The highest BCUT2D eigenvalue weighted by Gasteiger charge is 2.27. The summed E-state index contributed by atoms with van der Waals surface area (Å²) in [5.41, 5.74) is 0.390. The number of hydrogen-bond donors (Lipinski definition) is 0. The van der Waals surface area contributed by atoms with E-state index < -0.39 is 4.92 Å². The van der Waals surface area contributed by atoms with Crippen molar-refractivity contribution in [2.24, 2.45) is 0 Å². The van der Waals surface area contributed by atoms with Gasteiger partial charge < -0.3 is 9.80 Å². The summed E-state index contributed by atoms with van der Waals surface area (Å²) < 4.78 is 0. The molecule has 1 aliphatic rings. The first-order valence-electron chi connectivity index (χ1n) is 8.25. The topological polar surface area (TPSA) is 83.8 Å². The predicted molar refractivity (Wildman–Crippen MR) is 106 cm³/mol. The molecular formula is C18H14Cl3N3O4. The number of nitrogens with zero attached hydrogens (tertiary/aromatic N) is 3. The van der Waals surface area contributed by atoms with Gasteiger partial charge in [0.25, 0.3) is 17.5 Å². The maximum absolute atomic E-state index is 12.7. The van der Waals surface area contributed by atoms with E-state index in [2.05, 4.69) is 0 Å². The minimum atomic E-state index is -0.577. The van der Waals surface area contributed by atoms with Gasteiger partial charge in [0.15, 0.2) is 0 Å². The maximum Gasteiger partial charge on any atom is 0.270 e. The van der Waals surface area contributed by atoms with E-state index in [0.717, 1.165) is 6.07 Å². The fourth-order valence-corrected chi connectivity index (χ4v) is 3.72. The molecule has 1 aliphatic heterocycles. The van der Waals surface area contributed by atoms with E-state index in [-0.39, 0.29) is 28.1 Å². The van der Waals surface area contributed by atoms with Crippen LogP contribution in [0.1, 0.15) is 20.7 Å².